The summed E-state index contributed by atoms with van der Waals surface area (Å²) in [4.78, 5) is 17.1. The van der Waals surface area contributed by atoms with Crippen LogP contribution in [0.15, 0.2) is 42.5 Å². The van der Waals surface area contributed by atoms with Crippen molar-refractivity contribution in [3.8, 4) is 0 Å². The molecule has 1 heterocycles. The SMILES string of the molecule is Cc1cc(C)c(NC(=O)N2CCN(C(C)c3ccccc3)CC2)c(C)c1. The van der Waals surface area contributed by atoms with Crippen LogP contribution in [0.4, 0.5) is 10.5 Å². The van der Waals surface area contributed by atoms with E-state index in [0.717, 1.165) is 43.0 Å². The predicted molar refractivity (Wildman–Crippen MR) is 108 cm³/mol. The number of benzene rings is 2. The first-order valence-corrected chi connectivity index (χ1v) is 9.38. The molecule has 1 saturated heterocycles. The van der Waals surface area contributed by atoms with E-state index in [4.69, 9.17) is 0 Å². The van der Waals surface area contributed by atoms with Crippen LogP contribution in [-0.4, -0.2) is 42.0 Å². The third kappa shape index (κ3) is 4.07. The fraction of sp³-hybridized carbons (Fsp3) is 0.409. The van der Waals surface area contributed by atoms with Crippen LogP contribution in [0.1, 0.15) is 35.2 Å². The number of carbonyl (C=O) groups excluding carboxylic acids is 1. The Kier molecular flexibility index (Phi) is 5.62. The summed E-state index contributed by atoms with van der Waals surface area (Å²) in [5.74, 6) is 0. The third-order valence-electron chi connectivity index (χ3n) is 5.34. The van der Waals surface area contributed by atoms with E-state index in [2.05, 4.69) is 74.3 Å². The summed E-state index contributed by atoms with van der Waals surface area (Å²) in [7, 11) is 0. The van der Waals surface area contributed by atoms with Gasteiger partial charge < -0.3 is 10.2 Å². The maximum Gasteiger partial charge on any atom is 0.321 e. The highest BCUT2D eigenvalue weighted by Gasteiger charge is 2.25. The van der Waals surface area contributed by atoms with Crippen molar-refractivity contribution in [2.45, 2.75) is 33.7 Å². The number of urea groups is 1. The molecule has 0 spiro atoms. The van der Waals surface area contributed by atoms with E-state index in [-0.39, 0.29) is 6.03 Å². The lowest BCUT2D eigenvalue weighted by atomic mass is 10.1. The van der Waals surface area contributed by atoms with Crippen molar-refractivity contribution in [2.24, 2.45) is 0 Å². The van der Waals surface area contributed by atoms with Gasteiger partial charge in [-0.3, -0.25) is 4.90 Å². The molecule has 1 unspecified atom stereocenters. The molecule has 0 bridgehead atoms. The number of nitrogens with zero attached hydrogens (tertiary/aromatic N) is 2. The summed E-state index contributed by atoms with van der Waals surface area (Å²) in [6, 6.07) is 15.2. The van der Waals surface area contributed by atoms with Crippen molar-refractivity contribution in [1.82, 2.24) is 9.80 Å². The van der Waals surface area contributed by atoms with Crippen LogP contribution < -0.4 is 5.32 Å². The van der Waals surface area contributed by atoms with Crippen molar-refractivity contribution >= 4 is 11.7 Å². The van der Waals surface area contributed by atoms with Gasteiger partial charge in [-0.2, -0.15) is 0 Å². The number of nitrogens with one attached hydrogen (secondary N) is 1. The number of piperazine rings is 1. The van der Waals surface area contributed by atoms with Gasteiger partial charge in [0.2, 0.25) is 0 Å². The molecule has 138 valence electrons. The van der Waals surface area contributed by atoms with Crippen molar-refractivity contribution < 1.29 is 4.79 Å². The van der Waals surface area contributed by atoms with E-state index < -0.39 is 0 Å². The van der Waals surface area contributed by atoms with Gasteiger partial charge in [-0.1, -0.05) is 48.0 Å². The molecule has 0 saturated carbocycles. The number of hydrogen-bond acceptors (Lipinski definition) is 2. The van der Waals surface area contributed by atoms with Crippen LogP contribution in [0.2, 0.25) is 0 Å². The molecule has 26 heavy (non-hydrogen) atoms. The molecule has 2 aromatic rings. The molecule has 3 rings (SSSR count). The smallest absolute Gasteiger partial charge is 0.321 e. The topological polar surface area (TPSA) is 35.6 Å². The van der Waals surface area contributed by atoms with Crippen LogP contribution >= 0.6 is 0 Å². The zero-order chi connectivity index (χ0) is 18.7. The number of anilines is 1. The minimum Gasteiger partial charge on any atom is -0.322 e. The summed E-state index contributed by atoms with van der Waals surface area (Å²) in [5, 5.41) is 3.12. The number of rotatable bonds is 3. The molecule has 0 radical (unpaired) electrons. The Bertz CT molecular complexity index is 741. The third-order valence-corrected chi connectivity index (χ3v) is 5.34. The molecule has 1 atom stereocenters. The quantitative estimate of drug-likeness (QED) is 0.882. The summed E-state index contributed by atoms with van der Waals surface area (Å²) >= 11 is 0. The number of carbonyl (C=O) groups is 1. The molecule has 0 aliphatic carbocycles. The molecule has 2 aromatic carbocycles. The van der Waals surface area contributed by atoms with Gasteiger partial charge in [0.1, 0.15) is 0 Å². The van der Waals surface area contributed by atoms with Crippen LogP contribution in [0.5, 0.6) is 0 Å². The Hall–Kier alpha value is -2.33. The Morgan fingerprint density at radius 3 is 2.12 bits per heavy atom. The Balaban J connectivity index is 1.59. The summed E-state index contributed by atoms with van der Waals surface area (Å²) in [6.07, 6.45) is 0. The molecule has 1 aliphatic rings. The standard InChI is InChI=1S/C22H29N3O/c1-16-14-17(2)21(18(3)15-16)23-22(26)25-12-10-24(11-13-25)19(4)20-8-6-5-7-9-20/h5-9,14-15,19H,10-13H2,1-4H3,(H,23,26). The van der Waals surface area contributed by atoms with E-state index >= 15 is 0 Å². The first kappa shape index (κ1) is 18.5. The zero-order valence-electron chi connectivity index (χ0n) is 16.2. The predicted octanol–water partition coefficient (Wildman–Crippen LogP) is 4.52. The van der Waals surface area contributed by atoms with Gasteiger partial charge in [-0.25, -0.2) is 4.79 Å². The monoisotopic (exact) mass is 351 g/mol. The minimum absolute atomic E-state index is 0.00654. The first-order chi connectivity index (χ1) is 12.5. The van der Waals surface area contributed by atoms with Gasteiger partial charge in [-0.05, 0) is 44.4 Å². The van der Waals surface area contributed by atoms with Crippen molar-refractivity contribution in [3.63, 3.8) is 0 Å². The van der Waals surface area contributed by atoms with Gasteiger partial charge in [0.25, 0.3) is 0 Å². The van der Waals surface area contributed by atoms with E-state index in [1.165, 1.54) is 11.1 Å². The molecular formula is C22H29N3O. The van der Waals surface area contributed by atoms with Crippen molar-refractivity contribution in [1.29, 1.82) is 0 Å². The largest absolute Gasteiger partial charge is 0.322 e. The lowest BCUT2D eigenvalue weighted by molar-refractivity contribution is 0.119. The lowest BCUT2D eigenvalue weighted by Crippen LogP contribution is -2.50. The fourth-order valence-corrected chi connectivity index (χ4v) is 3.82. The number of hydrogen-bond donors (Lipinski definition) is 1. The van der Waals surface area contributed by atoms with Crippen LogP contribution in [0, 0.1) is 20.8 Å². The molecule has 1 aliphatic heterocycles. The molecule has 2 amide bonds. The first-order valence-electron chi connectivity index (χ1n) is 9.38. The average Bonchev–Trinajstić information content (AvgIpc) is 2.64. The molecule has 1 fully saturated rings. The second-order valence-corrected chi connectivity index (χ2v) is 7.31. The Morgan fingerprint density at radius 2 is 1.54 bits per heavy atom. The number of aryl methyl sites for hydroxylation is 3. The van der Waals surface area contributed by atoms with Crippen LogP contribution in [-0.2, 0) is 0 Å². The Labute approximate surface area is 156 Å². The fourth-order valence-electron chi connectivity index (χ4n) is 3.82. The normalized spacial score (nSPS) is 16.4. The van der Waals surface area contributed by atoms with Gasteiger partial charge in [0.15, 0.2) is 0 Å². The average molecular weight is 351 g/mol. The minimum atomic E-state index is 0.00654. The second kappa shape index (κ2) is 7.92. The van der Waals surface area contributed by atoms with Crippen LogP contribution in [0.3, 0.4) is 0 Å². The molecular weight excluding hydrogens is 322 g/mol. The lowest BCUT2D eigenvalue weighted by Gasteiger charge is -2.38. The van der Waals surface area contributed by atoms with E-state index in [1.54, 1.807) is 0 Å². The summed E-state index contributed by atoms with van der Waals surface area (Å²) in [5.41, 5.74) is 5.73. The Morgan fingerprint density at radius 1 is 0.962 bits per heavy atom. The van der Waals surface area contributed by atoms with E-state index in [0.29, 0.717) is 6.04 Å². The van der Waals surface area contributed by atoms with Crippen molar-refractivity contribution in [2.75, 3.05) is 31.5 Å². The van der Waals surface area contributed by atoms with Crippen LogP contribution in [0.25, 0.3) is 0 Å². The highest BCUT2D eigenvalue weighted by Crippen LogP contribution is 2.24. The maximum absolute atomic E-state index is 12.7. The summed E-state index contributed by atoms with van der Waals surface area (Å²) < 4.78 is 0. The van der Waals surface area contributed by atoms with Gasteiger partial charge >= 0.3 is 6.03 Å². The van der Waals surface area contributed by atoms with Gasteiger partial charge in [-0.15, -0.1) is 0 Å². The molecule has 0 aromatic heterocycles. The van der Waals surface area contributed by atoms with Gasteiger partial charge in [0.05, 0.1) is 0 Å². The number of amides is 2. The van der Waals surface area contributed by atoms with E-state index in [1.807, 2.05) is 11.0 Å². The highest BCUT2D eigenvalue weighted by molar-refractivity contribution is 5.91. The van der Waals surface area contributed by atoms with Gasteiger partial charge in [0, 0.05) is 37.9 Å². The van der Waals surface area contributed by atoms with Crippen molar-refractivity contribution in [3.05, 3.63) is 64.7 Å². The van der Waals surface area contributed by atoms with E-state index in [9.17, 15) is 4.79 Å². The highest BCUT2D eigenvalue weighted by atomic mass is 16.2. The zero-order valence-corrected chi connectivity index (χ0v) is 16.2. The molecule has 4 heteroatoms. The maximum atomic E-state index is 12.7. The molecule has 1 N–H and O–H groups in total. The summed E-state index contributed by atoms with van der Waals surface area (Å²) in [6.45, 7) is 11.7. The second-order valence-electron chi connectivity index (χ2n) is 7.31. The molecule has 4 nitrogen and oxygen atoms in total.